The zero-order valence-electron chi connectivity index (χ0n) is 10.4. The minimum absolute atomic E-state index is 0.580. The van der Waals surface area contributed by atoms with E-state index in [0.29, 0.717) is 17.1 Å². The minimum Gasteiger partial charge on any atom is -0.380 e. The van der Waals surface area contributed by atoms with Crippen molar-refractivity contribution in [1.29, 1.82) is 5.26 Å². The zero-order chi connectivity index (χ0) is 13.8. The van der Waals surface area contributed by atoms with E-state index in [1.54, 1.807) is 0 Å². The molecule has 0 spiro atoms. The Morgan fingerprint density at radius 2 is 2.11 bits per heavy atom. The van der Waals surface area contributed by atoms with Gasteiger partial charge in [0.25, 0.3) is 0 Å². The third-order valence-electron chi connectivity index (χ3n) is 2.86. The van der Waals surface area contributed by atoms with Gasteiger partial charge in [0.1, 0.15) is 6.07 Å². The van der Waals surface area contributed by atoms with Crippen LogP contribution in [0.3, 0.4) is 0 Å². The van der Waals surface area contributed by atoms with Crippen molar-refractivity contribution in [3.63, 3.8) is 0 Å². The van der Waals surface area contributed by atoms with Gasteiger partial charge in [-0.05, 0) is 42.3 Å². The number of nitrogens with zero attached hydrogens (tertiary/aromatic N) is 1. The van der Waals surface area contributed by atoms with Crippen molar-refractivity contribution >= 4 is 33.2 Å². The summed E-state index contributed by atoms with van der Waals surface area (Å²) in [4.78, 5) is 0. The van der Waals surface area contributed by atoms with Gasteiger partial charge in [-0.2, -0.15) is 5.26 Å². The molecule has 0 fully saturated rings. The second-order valence-corrected chi connectivity index (χ2v) is 5.52. The van der Waals surface area contributed by atoms with Gasteiger partial charge in [0.05, 0.1) is 11.3 Å². The van der Waals surface area contributed by atoms with Gasteiger partial charge in [-0.3, -0.25) is 0 Å². The van der Waals surface area contributed by atoms with Gasteiger partial charge < -0.3 is 5.32 Å². The average molecular weight is 336 g/mol. The van der Waals surface area contributed by atoms with Crippen molar-refractivity contribution in [1.82, 2.24) is 0 Å². The monoisotopic (exact) mass is 334 g/mol. The number of hydrogen-bond donors (Lipinski definition) is 1. The van der Waals surface area contributed by atoms with Crippen LogP contribution in [0.4, 0.5) is 5.69 Å². The summed E-state index contributed by atoms with van der Waals surface area (Å²) in [5.41, 5.74) is 3.46. The van der Waals surface area contributed by atoms with E-state index >= 15 is 0 Å². The highest BCUT2D eigenvalue weighted by Gasteiger charge is 2.06. The van der Waals surface area contributed by atoms with Gasteiger partial charge in [-0.15, -0.1) is 0 Å². The first-order chi connectivity index (χ1) is 9.11. The maximum absolute atomic E-state index is 9.17. The van der Waals surface area contributed by atoms with E-state index in [1.165, 1.54) is 0 Å². The summed E-state index contributed by atoms with van der Waals surface area (Å²) in [6.45, 7) is 2.51. The van der Waals surface area contributed by atoms with Crippen molar-refractivity contribution in [2.45, 2.75) is 13.5 Å². The van der Waals surface area contributed by atoms with Crippen molar-refractivity contribution in [2.24, 2.45) is 0 Å². The fraction of sp³-hybridized carbons (Fsp3) is 0.133. The van der Waals surface area contributed by atoms with E-state index < -0.39 is 0 Å². The lowest BCUT2D eigenvalue weighted by Gasteiger charge is -2.11. The topological polar surface area (TPSA) is 35.8 Å². The van der Waals surface area contributed by atoms with Gasteiger partial charge in [0.2, 0.25) is 0 Å². The first-order valence-electron chi connectivity index (χ1n) is 5.79. The normalized spacial score (nSPS) is 10.0. The predicted molar refractivity (Wildman–Crippen MR) is 82.4 cm³/mol. The standard InChI is InChI=1S/C15H12BrClN2/c1-10-3-2-4-15(13(10)8-18)19-9-11-7-12(16)5-6-14(11)17/h2-7,19H,9H2,1H3. The Kier molecular flexibility index (Phi) is 4.47. The maximum Gasteiger partial charge on any atom is 0.102 e. The molecule has 2 aromatic rings. The number of aryl methyl sites for hydroxylation is 1. The van der Waals surface area contributed by atoms with Crippen LogP contribution in [0.2, 0.25) is 5.02 Å². The molecule has 0 unspecified atom stereocenters. The Labute approximate surface area is 126 Å². The van der Waals surface area contributed by atoms with Crippen LogP contribution < -0.4 is 5.32 Å². The van der Waals surface area contributed by atoms with Gasteiger partial charge in [0.15, 0.2) is 0 Å². The average Bonchev–Trinajstić information content (AvgIpc) is 2.40. The van der Waals surface area contributed by atoms with Gasteiger partial charge in [0, 0.05) is 16.0 Å². The summed E-state index contributed by atoms with van der Waals surface area (Å²) < 4.78 is 0.985. The third kappa shape index (κ3) is 3.28. The van der Waals surface area contributed by atoms with Crippen molar-refractivity contribution in [2.75, 3.05) is 5.32 Å². The van der Waals surface area contributed by atoms with Crippen LogP contribution in [0.5, 0.6) is 0 Å². The largest absolute Gasteiger partial charge is 0.380 e. The molecule has 96 valence electrons. The molecule has 0 aliphatic carbocycles. The van der Waals surface area contributed by atoms with Gasteiger partial charge in [-0.25, -0.2) is 0 Å². The Bertz CT molecular complexity index is 647. The molecule has 0 amide bonds. The minimum atomic E-state index is 0.580. The number of anilines is 1. The molecule has 0 bridgehead atoms. The maximum atomic E-state index is 9.17. The number of halogens is 2. The summed E-state index contributed by atoms with van der Waals surface area (Å²) >= 11 is 9.57. The van der Waals surface area contributed by atoms with Gasteiger partial charge >= 0.3 is 0 Å². The number of nitriles is 1. The lowest BCUT2D eigenvalue weighted by atomic mass is 10.1. The number of hydrogen-bond acceptors (Lipinski definition) is 2. The molecular formula is C15H12BrClN2. The molecule has 0 aliphatic heterocycles. The highest BCUT2D eigenvalue weighted by atomic mass is 79.9. The smallest absolute Gasteiger partial charge is 0.102 e. The van der Waals surface area contributed by atoms with E-state index in [0.717, 1.165) is 21.3 Å². The zero-order valence-corrected chi connectivity index (χ0v) is 12.7. The van der Waals surface area contributed by atoms with E-state index in [4.69, 9.17) is 11.6 Å². The molecule has 0 heterocycles. The molecule has 0 aliphatic rings. The van der Waals surface area contributed by atoms with Crippen LogP contribution >= 0.6 is 27.5 Å². The highest BCUT2D eigenvalue weighted by Crippen LogP contribution is 2.24. The van der Waals surface area contributed by atoms with E-state index in [1.807, 2.05) is 43.3 Å². The van der Waals surface area contributed by atoms with Crippen LogP contribution in [0.1, 0.15) is 16.7 Å². The fourth-order valence-corrected chi connectivity index (χ4v) is 2.43. The quantitative estimate of drug-likeness (QED) is 0.866. The predicted octanol–water partition coefficient (Wildman–Crippen LogP) is 4.89. The highest BCUT2D eigenvalue weighted by molar-refractivity contribution is 9.10. The fourth-order valence-electron chi connectivity index (χ4n) is 1.83. The van der Waals surface area contributed by atoms with Crippen LogP contribution in [0.15, 0.2) is 40.9 Å². The Morgan fingerprint density at radius 3 is 2.84 bits per heavy atom. The second kappa shape index (κ2) is 6.10. The second-order valence-electron chi connectivity index (χ2n) is 4.20. The molecule has 4 heteroatoms. The summed E-state index contributed by atoms with van der Waals surface area (Å²) in [7, 11) is 0. The Morgan fingerprint density at radius 1 is 1.32 bits per heavy atom. The molecule has 1 N–H and O–H groups in total. The summed E-state index contributed by atoms with van der Waals surface area (Å²) in [5, 5.41) is 13.1. The number of nitrogens with one attached hydrogen (secondary N) is 1. The summed E-state index contributed by atoms with van der Waals surface area (Å²) in [6.07, 6.45) is 0. The van der Waals surface area contributed by atoms with Crippen LogP contribution in [-0.2, 0) is 6.54 Å². The Balaban J connectivity index is 2.22. The molecule has 0 atom stereocenters. The Hall–Kier alpha value is -1.50. The van der Waals surface area contributed by atoms with E-state index in [9.17, 15) is 5.26 Å². The molecule has 0 aromatic heterocycles. The van der Waals surface area contributed by atoms with Crippen molar-refractivity contribution in [3.05, 3.63) is 62.6 Å². The SMILES string of the molecule is Cc1cccc(NCc2cc(Br)ccc2Cl)c1C#N. The lowest BCUT2D eigenvalue weighted by Crippen LogP contribution is -2.02. The van der Waals surface area contributed by atoms with Crippen LogP contribution in [0.25, 0.3) is 0 Å². The summed E-state index contributed by atoms with van der Waals surface area (Å²) in [5.74, 6) is 0. The molecule has 2 rings (SSSR count). The van der Waals surface area contributed by atoms with E-state index in [2.05, 4.69) is 27.3 Å². The summed E-state index contributed by atoms with van der Waals surface area (Å²) in [6, 6.07) is 13.7. The van der Waals surface area contributed by atoms with Crippen molar-refractivity contribution in [3.8, 4) is 6.07 Å². The van der Waals surface area contributed by atoms with Gasteiger partial charge in [-0.1, -0.05) is 39.7 Å². The molecule has 0 saturated carbocycles. The molecular weight excluding hydrogens is 324 g/mol. The van der Waals surface area contributed by atoms with Crippen molar-refractivity contribution < 1.29 is 0 Å². The first-order valence-corrected chi connectivity index (χ1v) is 6.96. The molecule has 19 heavy (non-hydrogen) atoms. The lowest BCUT2D eigenvalue weighted by molar-refractivity contribution is 1.14. The third-order valence-corrected chi connectivity index (χ3v) is 3.72. The van der Waals surface area contributed by atoms with E-state index in [-0.39, 0.29) is 0 Å². The molecule has 0 radical (unpaired) electrons. The number of rotatable bonds is 3. The molecule has 2 aromatic carbocycles. The van der Waals surface area contributed by atoms with Crippen LogP contribution in [0, 0.1) is 18.3 Å². The van der Waals surface area contributed by atoms with Crippen LogP contribution in [-0.4, -0.2) is 0 Å². The molecule has 2 nitrogen and oxygen atoms in total. The first kappa shape index (κ1) is 13.9. The number of benzene rings is 2. The molecule has 0 saturated heterocycles.